The molecule has 3 aromatic heterocycles. The summed E-state index contributed by atoms with van der Waals surface area (Å²) in [4.78, 5) is 31.7. The number of carbonyl (C=O) groups is 1. The van der Waals surface area contributed by atoms with Crippen LogP contribution < -0.4 is 10.9 Å². The van der Waals surface area contributed by atoms with Gasteiger partial charge in [0.15, 0.2) is 0 Å². The van der Waals surface area contributed by atoms with Crippen LogP contribution in [-0.4, -0.2) is 15.5 Å². The van der Waals surface area contributed by atoms with Crippen LogP contribution in [0, 0.1) is 0 Å². The summed E-state index contributed by atoms with van der Waals surface area (Å²) in [6.45, 7) is 4.08. The maximum Gasteiger partial charge on any atom is 0.263 e. The van der Waals surface area contributed by atoms with Crippen molar-refractivity contribution < 1.29 is 4.79 Å². The summed E-state index contributed by atoms with van der Waals surface area (Å²) in [6.07, 6.45) is 1.45. The van der Waals surface area contributed by atoms with Crippen LogP contribution >= 0.6 is 22.7 Å². The van der Waals surface area contributed by atoms with E-state index in [1.165, 1.54) is 22.2 Å². The maximum atomic E-state index is 13.0. The number of rotatable bonds is 5. The van der Waals surface area contributed by atoms with Gasteiger partial charge in [-0.15, -0.1) is 22.7 Å². The fourth-order valence-electron chi connectivity index (χ4n) is 3.15. The largest absolute Gasteiger partial charge is 0.324 e. The minimum atomic E-state index is -0.246. The molecule has 0 aliphatic carbocycles. The molecule has 0 unspecified atom stereocenters. The minimum absolute atomic E-state index is 0.0755. The molecule has 0 spiro atoms. The number of amides is 1. The number of hydrogen-bond acceptors (Lipinski definition) is 5. The van der Waals surface area contributed by atoms with Crippen molar-refractivity contribution in [2.24, 2.45) is 0 Å². The SMILES string of the molecule is CC(C)c1ccccc1NC(=O)Cn1cnc2scc(-c3cccs3)c2c1=O. The smallest absolute Gasteiger partial charge is 0.263 e. The highest BCUT2D eigenvalue weighted by molar-refractivity contribution is 7.18. The molecule has 0 aliphatic heterocycles. The first-order valence-electron chi connectivity index (χ1n) is 8.94. The molecule has 1 amide bonds. The zero-order chi connectivity index (χ0) is 19.7. The molecule has 142 valence electrons. The van der Waals surface area contributed by atoms with E-state index in [-0.39, 0.29) is 23.9 Å². The predicted octanol–water partition coefficient (Wildman–Crippen LogP) is 4.95. The predicted molar refractivity (Wildman–Crippen MR) is 116 cm³/mol. The van der Waals surface area contributed by atoms with E-state index in [4.69, 9.17) is 0 Å². The van der Waals surface area contributed by atoms with Crippen molar-refractivity contribution >= 4 is 44.5 Å². The van der Waals surface area contributed by atoms with Crippen LogP contribution in [0.2, 0.25) is 0 Å². The average molecular weight is 410 g/mol. The molecule has 0 saturated carbocycles. The number of hydrogen-bond donors (Lipinski definition) is 1. The van der Waals surface area contributed by atoms with Gasteiger partial charge in [-0.3, -0.25) is 14.2 Å². The van der Waals surface area contributed by atoms with Crippen molar-refractivity contribution in [1.29, 1.82) is 0 Å². The van der Waals surface area contributed by atoms with Crippen molar-refractivity contribution in [1.82, 2.24) is 9.55 Å². The number of benzene rings is 1. The zero-order valence-electron chi connectivity index (χ0n) is 15.5. The van der Waals surface area contributed by atoms with Gasteiger partial charge in [-0.2, -0.15) is 0 Å². The summed E-state index contributed by atoms with van der Waals surface area (Å²) < 4.78 is 1.37. The lowest BCUT2D eigenvalue weighted by Gasteiger charge is -2.14. The Morgan fingerprint density at radius 2 is 2.00 bits per heavy atom. The summed E-state index contributed by atoms with van der Waals surface area (Å²) >= 11 is 3.02. The Balaban J connectivity index is 1.64. The number of para-hydroxylation sites is 1. The van der Waals surface area contributed by atoms with Crippen LogP contribution in [0.15, 0.2) is 58.3 Å². The molecule has 4 rings (SSSR count). The molecule has 0 atom stereocenters. The van der Waals surface area contributed by atoms with E-state index in [0.29, 0.717) is 10.2 Å². The standard InChI is InChI=1S/C21H19N3O2S2/c1-13(2)14-6-3-4-7-16(14)23-18(25)10-24-12-22-20-19(21(24)26)15(11-28-20)17-8-5-9-27-17/h3-9,11-13H,10H2,1-2H3,(H,23,25). The van der Waals surface area contributed by atoms with Gasteiger partial charge in [0, 0.05) is 21.5 Å². The van der Waals surface area contributed by atoms with Crippen LogP contribution in [0.5, 0.6) is 0 Å². The van der Waals surface area contributed by atoms with Gasteiger partial charge in [0.05, 0.1) is 11.7 Å². The van der Waals surface area contributed by atoms with Crippen LogP contribution in [0.25, 0.3) is 20.7 Å². The Kier molecular flexibility index (Phi) is 5.11. The van der Waals surface area contributed by atoms with Gasteiger partial charge in [-0.1, -0.05) is 38.1 Å². The molecule has 1 N–H and O–H groups in total. The second-order valence-electron chi connectivity index (χ2n) is 6.77. The summed E-state index contributed by atoms with van der Waals surface area (Å²) in [7, 11) is 0. The molecule has 1 aromatic carbocycles. The second kappa shape index (κ2) is 7.69. The summed E-state index contributed by atoms with van der Waals surface area (Å²) in [5, 5.41) is 7.44. The van der Waals surface area contributed by atoms with Crippen molar-refractivity contribution in [3.63, 3.8) is 0 Å². The lowest BCUT2D eigenvalue weighted by atomic mass is 10.0. The Morgan fingerprint density at radius 3 is 2.75 bits per heavy atom. The quantitative estimate of drug-likeness (QED) is 0.507. The Bertz CT molecular complexity index is 1190. The first kappa shape index (κ1) is 18.6. The van der Waals surface area contributed by atoms with Crippen molar-refractivity contribution in [3.8, 4) is 10.4 Å². The summed E-state index contributed by atoms with van der Waals surface area (Å²) in [5.74, 6) is 0.0423. The van der Waals surface area contributed by atoms with Gasteiger partial charge in [-0.25, -0.2) is 4.98 Å². The van der Waals surface area contributed by atoms with Crippen LogP contribution in [0.3, 0.4) is 0 Å². The monoisotopic (exact) mass is 409 g/mol. The molecular weight excluding hydrogens is 390 g/mol. The van der Waals surface area contributed by atoms with E-state index in [9.17, 15) is 9.59 Å². The molecule has 7 heteroatoms. The highest BCUT2D eigenvalue weighted by Crippen LogP contribution is 2.33. The first-order chi connectivity index (χ1) is 13.5. The number of anilines is 1. The summed E-state index contributed by atoms with van der Waals surface area (Å²) in [6, 6.07) is 11.7. The van der Waals surface area contributed by atoms with Crippen molar-refractivity contribution in [2.45, 2.75) is 26.3 Å². The molecule has 0 aliphatic rings. The molecule has 0 bridgehead atoms. The van der Waals surface area contributed by atoms with Gasteiger partial charge >= 0.3 is 0 Å². The number of carbonyl (C=O) groups excluding carboxylic acids is 1. The third-order valence-electron chi connectivity index (χ3n) is 4.52. The van der Waals surface area contributed by atoms with E-state index >= 15 is 0 Å². The van der Waals surface area contributed by atoms with Crippen LogP contribution in [0.1, 0.15) is 25.3 Å². The van der Waals surface area contributed by atoms with Crippen molar-refractivity contribution in [3.05, 3.63) is 69.4 Å². The van der Waals surface area contributed by atoms with E-state index in [1.807, 2.05) is 47.2 Å². The molecule has 0 saturated heterocycles. The van der Waals surface area contributed by atoms with Gasteiger partial charge < -0.3 is 5.32 Å². The fourth-order valence-corrected chi connectivity index (χ4v) is 4.87. The number of thiophene rings is 2. The zero-order valence-corrected chi connectivity index (χ0v) is 17.1. The maximum absolute atomic E-state index is 13.0. The van der Waals surface area contributed by atoms with Crippen LogP contribution in [0.4, 0.5) is 5.69 Å². The average Bonchev–Trinajstić information content (AvgIpc) is 3.33. The second-order valence-corrected chi connectivity index (χ2v) is 8.58. The number of nitrogens with zero attached hydrogens (tertiary/aromatic N) is 2. The minimum Gasteiger partial charge on any atom is -0.324 e. The Morgan fingerprint density at radius 1 is 1.18 bits per heavy atom. The van der Waals surface area contributed by atoms with Gasteiger partial charge in [0.2, 0.25) is 5.91 Å². The molecule has 0 radical (unpaired) electrons. The topological polar surface area (TPSA) is 64.0 Å². The molecule has 4 aromatic rings. The normalized spacial score (nSPS) is 11.2. The van der Waals surface area contributed by atoms with E-state index in [1.54, 1.807) is 11.3 Å². The molecule has 0 fully saturated rings. The Labute approximate surface area is 170 Å². The number of fused-ring (bicyclic) bond motifs is 1. The third-order valence-corrected chi connectivity index (χ3v) is 6.31. The molecule has 5 nitrogen and oxygen atoms in total. The van der Waals surface area contributed by atoms with E-state index in [2.05, 4.69) is 24.1 Å². The number of nitrogens with one attached hydrogen (secondary N) is 1. The van der Waals surface area contributed by atoms with E-state index < -0.39 is 0 Å². The highest BCUT2D eigenvalue weighted by Gasteiger charge is 2.16. The Hall–Kier alpha value is -2.77. The van der Waals surface area contributed by atoms with E-state index in [0.717, 1.165) is 21.7 Å². The lowest BCUT2D eigenvalue weighted by molar-refractivity contribution is -0.116. The number of aromatic nitrogens is 2. The molecule has 3 heterocycles. The van der Waals surface area contributed by atoms with Crippen LogP contribution in [-0.2, 0) is 11.3 Å². The molecule has 28 heavy (non-hydrogen) atoms. The third kappa shape index (κ3) is 3.50. The van der Waals surface area contributed by atoms with Gasteiger partial charge in [-0.05, 0) is 29.0 Å². The summed E-state index contributed by atoms with van der Waals surface area (Å²) in [5.41, 5.74) is 2.53. The molecular formula is C21H19N3O2S2. The van der Waals surface area contributed by atoms with Gasteiger partial charge in [0.25, 0.3) is 5.56 Å². The fraction of sp³-hybridized carbons (Fsp3) is 0.190. The highest BCUT2D eigenvalue weighted by atomic mass is 32.1. The lowest BCUT2D eigenvalue weighted by Crippen LogP contribution is -2.28. The van der Waals surface area contributed by atoms with Gasteiger partial charge in [0.1, 0.15) is 11.4 Å². The first-order valence-corrected chi connectivity index (χ1v) is 10.7. The van der Waals surface area contributed by atoms with Crippen molar-refractivity contribution in [2.75, 3.05) is 5.32 Å².